The van der Waals surface area contributed by atoms with Crippen molar-refractivity contribution in [3.05, 3.63) is 24.2 Å². The average molecular weight is 414 g/mol. The first-order valence-corrected chi connectivity index (χ1v) is 10.7. The Hall–Kier alpha value is -2.48. The lowest BCUT2D eigenvalue weighted by molar-refractivity contribution is -0.155. The second-order valence-corrected chi connectivity index (χ2v) is 9.18. The predicted molar refractivity (Wildman–Crippen MR) is 113 cm³/mol. The lowest BCUT2D eigenvalue weighted by Gasteiger charge is -2.47. The molecule has 8 nitrogen and oxygen atoms in total. The molecule has 0 aromatic carbocycles. The van der Waals surface area contributed by atoms with Crippen LogP contribution in [-0.4, -0.2) is 76.0 Å². The van der Waals surface area contributed by atoms with Crippen molar-refractivity contribution in [1.82, 2.24) is 24.3 Å². The summed E-state index contributed by atoms with van der Waals surface area (Å²) in [5.41, 5.74) is 1.68. The zero-order valence-electron chi connectivity index (χ0n) is 18.3. The van der Waals surface area contributed by atoms with Gasteiger partial charge in [-0.1, -0.05) is 13.8 Å². The molecule has 0 saturated carbocycles. The van der Waals surface area contributed by atoms with Gasteiger partial charge < -0.3 is 19.1 Å². The van der Waals surface area contributed by atoms with Gasteiger partial charge in [-0.3, -0.25) is 9.59 Å². The lowest BCUT2D eigenvalue weighted by atomic mass is 9.71. The molecular weight excluding hydrogens is 382 g/mol. The van der Waals surface area contributed by atoms with E-state index < -0.39 is 5.41 Å². The molecule has 30 heavy (non-hydrogen) atoms. The summed E-state index contributed by atoms with van der Waals surface area (Å²) in [6.07, 6.45) is 5.56. The Labute approximate surface area is 177 Å². The number of pyridine rings is 1. The van der Waals surface area contributed by atoms with E-state index in [4.69, 9.17) is 4.74 Å². The van der Waals surface area contributed by atoms with Gasteiger partial charge in [0.2, 0.25) is 5.91 Å². The molecule has 0 radical (unpaired) electrons. The molecule has 2 aromatic rings. The number of ether oxygens (including phenoxy) is 1. The Bertz CT molecular complexity index is 945. The molecule has 1 spiro atoms. The summed E-state index contributed by atoms with van der Waals surface area (Å²) in [4.78, 5) is 38.5. The van der Waals surface area contributed by atoms with E-state index >= 15 is 0 Å². The van der Waals surface area contributed by atoms with Crippen LogP contribution in [0.1, 0.15) is 43.5 Å². The summed E-state index contributed by atoms with van der Waals surface area (Å²) in [5.74, 6) is 0.629. The van der Waals surface area contributed by atoms with Crippen LogP contribution in [0.2, 0.25) is 0 Å². The van der Waals surface area contributed by atoms with Crippen LogP contribution in [0.15, 0.2) is 18.6 Å². The van der Waals surface area contributed by atoms with E-state index in [0.717, 1.165) is 24.1 Å². The van der Waals surface area contributed by atoms with E-state index in [2.05, 4.69) is 23.8 Å². The lowest BCUT2D eigenvalue weighted by Crippen LogP contribution is -2.57. The number of methoxy groups -OCH3 is 1. The highest BCUT2D eigenvalue weighted by Crippen LogP contribution is 2.41. The number of hydrogen-bond acceptors (Lipinski definition) is 5. The number of carbonyl (C=O) groups is 2. The summed E-state index contributed by atoms with van der Waals surface area (Å²) in [6.45, 7) is 6.90. The van der Waals surface area contributed by atoms with E-state index in [1.807, 2.05) is 22.6 Å². The second-order valence-electron chi connectivity index (χ2n) is 9.18. The Balaban J connectivity index is 1.47. The van der Waals surface area contributed by atoms with Crippen molar-refractivity contribution in [3.63, 3.8) is 0 Å². The van der Waals surface area contributed by atoms with Gasteiger partial charge in [-0.25, -0.2) is 9.97 Å². The maximum Gasteiger partial charge on any atom is 0.255 e. The van der Waals surface area contributed by atoms with Gasteiger partial charge in [-0.15, -0.1) is 0 Å². The maximum absolute atomic E-state index is 13.1. The van der Waals surface area contributed by atoms with E-state index in [9.17, 15) is 9.59 Å². The van der Waals surface area contributed by atoms with Gasteiger partial charge in [-0.2, -0.15) is 0 Å². The van der Waals surface area contributed by atoms with Crippen molar-refractivity contribution >= 4 is 23.0 Å². The van der Waals surface area contributed by atoms with Crippen LogP contribution >= 0.6 is 0 Å². The highest BCUT2D eigenvalue weighted by molar-refractivity contribution is 5.96. The normalized spacial score (nSPS) is 21.8. The first-order chi connectivity index (χ1) is 14.3. The Morgan fingerprint density at radius 1 is 1.30 bits per heavy atom. The zero-order chi connectivity index (χ0) is 21.5. The van der Waals surface area contributed by atoms with Gasteiger partial charge in [0.25, 0.3) is 5.91 Å². The molecule has 2 aliphatic rings. The fraction of sp³-hybridized carbons (Fsp3) is 0.636. The number of fused-ring (bicyclic) bond motifs is 1. The number of piperidine rings is 2. The maximum atomic E-state index is 13.1. The zero-order valence-corrected chi connectivity index (χ0v) is 18.3. The number of carbonyl (C=O) groups excluding carboxylic acids is 2. The molecule has 1 unspecified atom stereocenters. The van der Waals surface area contributed by atoms with Crippen molar-refractivity contribution in [2.24, 2.45) is 11.3 Å². The number of nitrogens with zero attached hydrogens (tertiary/aromatic N) is 5. The first kappa shape index (κ1) is 20.8. The number of likely N-dealkylation sites (N-methyl/N-ethyl adjacent to an activating group) is 1. The van der Waals surface area contributed by atoms with Crippen molar-refractivity contribution in [3.8, 4) is 0 Å². The van der Waals surface area contributed by atoms with E-state index in [-0.39, 0.29) is 17.9 Å². The third-order valence-electron chi connectivity index (χ3n) is 6.50. The minimum Gasteiger partial charge on any atom is -0.380 e. The van der Waals surface area contributed by atoms with Crippen LogP contribution in [0.5, 0.6) is 0 Å². The minimum absolute atomic E-state index is 0.0439. The minimum atomic E-state index is -0.414. The van der Waals surface area contributed by atoms with Crippen LogP contribution in [0.25, 0.3) is 11.2 Å². The number of aromatic nitrogens is 3. The number of imidazole rings is 1. The molecule has 162 valence electrons. The Morgan fingerprint density at radius 3 is 2.70 bits per heavy atom. The van der Waals surface area contributed by atoms with Crippen LogP contribution in [-0.2, 0) is 16.1 Å². The molecule has 2 amide bonds. The molecule has 2 saturated heterocycles. The summed E-state index contributed by atoms with van der Waals surface area (Å²) in [6, 6.07) is 1.83. The SMILES string of the molecule is COC1CN(C)C(=O)C2(CCN(C(=O)c3cnc4c(c3)ncn4CC(C)C)CC2)C1. The van der Waals surface area contributed by atoms with Gasteiger partial charge in [-0.05, 0) is 31.2 Å². The van der Waals surface area contributed by atoms with Crippen LogP contribution in [0.3, 0.4) is 0 Å². The number of rotatable bonds is 4. The average Bonchev–Trinajstić information content (AvgIpc) is 3.13. The van der Waals surface area contributed by atoms with Gasteiger partial charge in [0.1, 0.15) is 5.52 Å². The number of likely N-dealkylation sites (tertiary alicyclic amines) is 2. The topological polar surface area (TPSA) is 80.6 Å². The molecule has 1 atom stereocenters. The third kappa shape index (κ3) is 3.69. The van der Waals surface area contributed by atoms with Crippen LogP contribution < -0.4 is 0 Å². The highest BCUT2D eigenvalue weighted by Gasteiger charge is 2.48. The van der Waals surface area contributed by atoms with Crippen molar-refractivity contribution in [2.45, 2.75) is 45.8 Å². The second kappa shape index (κ2) is 7.98. The summed E-state index contributed by atoms with van der Waals surface area (Å²) >= 11 is 0. The van der Waals surface area contributed by atoms with Crippen LogP contribution in [0.4, 0.5) is 0 Å². The molecular formula is C22H31N5O3. The molecule has 0 aliphatic carbocycles. The van der Waals surface area contributed by atoms with Crippen LogP contribution in [0, 0.1) is 11.3 Å². The van der Waals surface area contributed by atoms with Gasteiger partial charge in [0, 0.05) is 46.5 Å². The smallest absolute Gasteiger partial charge is 0.255 e. The molecule has 2 fully saturated rings. The molecule has 4 rings (SSSR count). The van der Waals surface area contributed by atoms with Crippen molar-refractivity contribution in [2.75, 3.05) is 33.8 Å². The summed E-state index contributed by atoms with van der Waals surface area (Å²) in [7, 11) is 3.54. The standard InChI is InChI=1S/C22H31N5O3/c1-15(2)12-27-14-24-18-9-16(11-23-19(18)27)20(28)26-7-5-22(6-8-26)10-17(30-4)13-25(3)21(22)29/h9,11,14-15,17H,5-8,10,12-13H2,1-4H3. The Kier molecular flexibility index (Phi) is 5.53. The first-order valence-electron chi connectivity index (χ1n) is 10.7. The quantitative estimate of drug-likeness (QED) is 0.768. The summed E-state index contributed by atoms with van der Waals surface area (Å²) in [5, 5.41) is 0. The highest BCUT2D eigenvalue weighted by atomic mass is 16.5. The molecule has 2 aromatic heterocycles. The Morgan fingerprint density at radius 2 is 2.03 bits per heavy atom. The van der Waals surface area contributed by atoms with E-state index in [1.165, 1.54) is 0 Å². The molecule has 0 bridgehead atoms. The van der Waals surface area contributed by atoms with E-state index in [0.29, 0.717) is 44.0 Å². The fourth-order valence-corrected chi connectivity index (χ4v) is 4.87. The fourth-order valence-electron chi connectivity index (χ4n) is 4.87. The molecule has 0 N–H and O–H groups in total. The number of hydrogen-bond donors (Lipinski definition) is 0. The predicted octanol–water partition coefficient (Wildman–Crippen LogP) is 2.19. The van der Waals surface area contributed by atoms with E-state index in [1.54, 1.807) is 24.5 Å². The largest absolute Gasteiger partial charge is 0.380 e. The molecule has 8 heteroatoms. The van der Waals surface area contributed by atoms with Crippen molar-refractivity contribution < 1.29 is 14.3 Å². The van der Waals surface area contributed by atoms with Gasteiger partial charge in [0.05, 0.1) is 23.4 Å². The van der Waals surface area contributed by atoms with Gasteiger partial charge >= 0.3 is 0 Å². The monoisotopic (exact) mass is 413 g/mol. The third-order valence-corrected chi connectivity index (χ3v) is 6.50. The number of amides is 2. The molecule has 4 heterocycles. The summed E-state index contributed by atoms with van der Waals surface area (Å²) < 4.78 is 7.58. The van der Waals surface area contributed by atoms with Crippen molar-refractivity contribution in [1.29, 1.82) is 0 Å². The van der Waals surface area contributed by atoms with Gasteiger partial charge in [0.15, 0.2) is 5.65 Å². The molecule has 2 aliphatic heterocycles.